The molecule has 9 heteroatoms. The summed E-state index contributed by atoms with van der Waals surface area (Å²) in [5.41, 5.74) is 1.75. The molecule has 0 aliphatic carbocycles. The van der Waals surface area contributed by atoms with Crippen LogP contribution in [0.4, 0.5) is 0 Å². The summed E-state index contributed by atoms with van der Waals surface area (Å²) in [6.07, 6.45) is 1.53. The van der Waals surface area contributed by atoms with Crippen LogP contribution in [0.1, 0.15) is 26.7 Å². The fraction of sp³-hybridized carbons (Fsp3) is 0.190. The Kier molecular flexibility index (Phi) is 5.87. The normalized spacial score (nSPS) is 11.0. The average Bonchev–Trinajstić information content (AvgIpc) is 3.46. The molecule has 0 unspecified atom stereocenters. The first-order valence-electron chi connectivity index (χ1n) is 9.18. The molecule has 3 aromatic heterocycles. The minimum atomic E-state index is -0.548. The Labute approximate surface area is 181 Å². The number of hydrogen-bond donors (Lipinski definition) is 1. The molecular weight excluding hydrogens is 426 g/mol. The Morgan fingerprint density at radius 1 is 1.27 bits per heavy atom. The van der Waals surface area contributed by atoms with Gasteiger partial charge in [-0.05, 0) is 36.8 Å². The van der Waals surface area contributed by atoms with Crippen LogP contribution in [0.2, 0.25) is 5.02 Å². The van der Waals surface area contributed by atoms with Crippen molar-refractivity contribution < 1.29 is 18.7 Å². The number of nitrogens with zero attached hydrogens (tertiary/aromatic N) is 2. The van der Waals surface area contributed by atoms with Crippen LogP contribution in [0, 0.1) is 6.92 Å². The quantitative estimate of drug-likeness (QED) is 0.433. The monoisotopic (exact) mass is 443 g/mol. The van der Waals surface area contributed by atoms with Gasteiger partial charge in [-0.25, -0.2) is 4.79 Å². The van der Waals surface area contributed by atoms with Crippen molar-refractivity contribution in [1.82, 2.24) is 15.1 Å². The van der Waals surface area contributed by atoms with Gasteiger partial charge >= 0.3 is 5.97 Å². The number of thiophene rings is 1. The molecule has 0 aliphatic rings. The molecule has 30 heavy (non-hydrogen) atoms. The van der Waals surface area contributed by atoms with Gasteiger partial charge in [0.2, 0.25) is 0 Å². The molecule has 0 atom stereocenters. The van der Waals surface area contributed by atoms with Crippen molar-refractivity contribution in [2.24, 2.45) is 0 Å². The number of ether oxygens (including phenoxy) is 1. The molecule has 0 fully saturated rings. The van der Waals surface area contributed by atoms with E-state index < -0.39 is 11.9 Å². The van der Waals surface area contributed by atoms with Crippen molar-refractivity contribution in [2.45, 2.75) is 20.0 Å². The minimum Gasteiger partial charge on any atom is -0.467 e. The molecule has 0 saturated heterocycles. The summed E-state index contributed by atoms with van der Waals surface area (Å²) >= 11 is 7.54. The van der Waals surface area contributed by atoms with Gasteiger partial charge in [0.1, 0.15) is 15.5 Å². The summed E-state index contributed by atoms with van der Waals surface area (Å²) in [6.45, 7) is 2.26. The zero-order chi connectivity index (χ0) is 21.1. The van der Waals surface area contributed by atoms with Crippen LogP contribution in [0.15, 0.2) is 53.1 Å². The lowest BCUT2D eigenvalue weighted by atomic mass is 10.2. The number of carbonyl (C=O) groups is 2. The lowest BCUT2D eigenvalue weighted by Gasteiger charge is -2.05. The van der Waals surface area contributed by atoms with Gasteiger partial charge < -0.3 is 14.5 Å². The predicted octanol–water partition coefficient (Wildman–Crippen LogP) is 4.17. The molecule has 0 aliphatic heterocycles. The maximum absolute atomic E-state index is 12.4. The highest BCUT2D eigenvalue weighted by Crippen LogP contribution is 2.30. The summed E-state index contributed by atoms with van der Waals surface area (Å²) in [5.74, 6) is -0.326. The van der Waals surface area contributed by atoms with Crippen LogP contribution in [-0.4, -0.2) is 28.3 Å². The van der Waals surface area contributed by atoms with Crippen LogP contribution in [0.3, 0.4) is 0 Å². The van der Waals surface area contributed by atoms with E-state index in [1.165, 1.54) is 17.6 Å². The molecule has 7 nitrogen and oxygen atoms in total. The van der Waals surface area contributed by atoms with Gasteiger partial charge in [-0.1, -0.05) is 29.8 Å². The molecule has 1 amide bonds. The van der Waals surface area contributed by atoms with Gasteiger partial charge in [-0.2, -0.15) is 5.10 Å². The zero-order valence-electron chi connectivity index (χ0n) is 16.1. The summed E-state index contributed by atoms with van der Waals surface area (Å²) in [4.78, 5) is 25.6. The second-order valence-corrected chi connectivity index (χ2v) is 8.03. The third-order valence-corrected chi connectivity index (χ3v) is 5.96. The van der Waals surface area contributed by atoms with E-state index in [0.29, 0.717) is 22.2 Å². The van der Waals surface area contributed by atoms with E-state index in [2.05, 4.69) is 10.4 Å². The number of aryl methyl sites for hydroxylation is 1. The molecule has 3 heterocycles. The number of halogens is 1. The smallest absolute Gasteiger partial charge is 0.348 e. The zero-order valence-corrected chi connectivity index (χ0v) is 17.6. The molecule has 1 N–H and O–H groups in total. The van der Waals surface area contributed by atoms with Crippen molar-refractivity contribution in [3.8, 4) is 0 Å². The number of nitrogens with one attached hydrogen (secondary N) is 1. The number of aromatic nitrogens is 2. The Morgan fingerprint density at radius 2 is 2.10 bits per heavy atom. The summed E-state index contributed by atoms with van der Waals surface area (Å²) < 4.78 is 12.1. The molecule has 0 spiro atoms. The molecule has 0 radical (unpaired) electrons. The number of fused-ring (bicyclic) bond motifs is 1. The van der Waals surface area contributed by atoms with Crippen molar-refractivity contribution in [3.63, 3.8) is 0 Å². The second-order valence-electron chi connectivity index (χ2n) is 6.60. The fourth-order valence-corrected chi connectivity index (χ4v) is 4.21. The van der Waals surface area contributed by atoms with Gasteiger partial charge in [0.15, 0.2) is 6.61 Å². The number of furan rings is 1. The molecule has 4 aromatic rings. The summed E-state index contributed by atoms with van der Waals surface area (Å²) in [6, 6.07) is 12.8. The van der Waals surface area contributed by atoms with E-state index in [0.717, 1.165) is 21.5 Å². The molecular formula is C21H18ClN3O4S. The Bertz CT molecular complexity index is 1200. The van der Waals surface area contributed by atoms with E-state index in [1.807, 2.05) is 35.9 Å². The fourth-order valence-electron chi connectivity index (χ4n) is 2.96. The number of carbonyl (C=O) groups excluding carboxylic acids is 2. The highest BCUT2D eigenvalue weighted by Gasteiger charge is 2.19. The van der Waals surface area contributed by atoms with Crippen molar-refractivity contribution >= 4 is 45.0 Å². The molecule has 1 aromatic carbocycles. The average molecular weight is 444 g/mol. The standard InChI is InChI=1S/C21H18ClN3O4S/c1-13-16-9-18(21(27)29-12-19(26)23-10-15-6-4-8-28-15)30-20(16)25(24-13)11-14-5-2-3-7-17(14)22/h2-9H,10-12H2,1H3,(H,23,26). The molecule has 4 rings (SSSR count). The lowest BCUT2D eigenvalue weighted by molar-refractivity contribution is -0.124. The number of amides is 1. The van der Waals surface area contributed by atoms with Gasteiger partial charge in [-0.15, -0.1) is 11.3 Å². The first-order valence-corrected chi connectivity index (χ1v) is 10.4. The highest BCUT2D eigenvalue weighted by atomic mass is 35.5. The third-order valence-electron chi connectivity index (χ3n) is 4.46. The first kappa shape index (κ1) is 20.2. The number of hydrogen-bond acceptors (Lipinski definition) is 6. The van der Waals surface area contributed by atoms with Crippen LogP contribution in [0.5, 0.6) is 0 Å². The lowest BCUT2D eigenvalue weighted by Crippen LogP contribution is -2.28. The van der Waals surface area contributed by atoms with Crippen LogP contribution in [-0.2, 0) is 22.6 Å². The van der Waals surface area contributed by atoms with Crippen molar-refractivity contribution in [2.75, 3.05) is 6.61 Å². The van der Waals surface area contributed by atoms with E-state index in [1.54, 1.807) is 18.2 Å². The van der Waals surface area contributed by atoms with E-state index >= 15 is 0 Å². The van der Waals surface area contributed by atoms with E-state index in [4.69, 9.17) is 20.8 Å². The van der Waals surface area contributed by atoms with Gasteiger partial charge in [-0.3, -0.25) is 9.48 Å². The summed E-state index contributed by atoms with van der Waals surface area (Å²) in [5, 5.41) is 8.72. The van der Waals surface area contributed by atoms with Gasteiger partial charge in [0, 0.05) is 10.4 Å². The van der Waals surface area contributed by atoms with Crippen LogP contribution < -0.4 is 5.32 Å². The number of benzene rings is 1. The topological polar surface area (TPSA) is 86.4 Å². The van der Waals surface area contributed by atoms with Crippen LogP contribution >= 0.6 is 22.9 Å². The van der Waals surface area contributed by atoms with Gasteiger partial charge in [0.25, 0.3) is 5.91 Å². The Morgan fingerprint density at radius 3 is 2.87 bits per heavy atom. The van der Waals surface area contributed by atoms with E-state index in [9.17, 15) is 9.59 Å². The van der Waals surface area contributed by atoms with Crippen molar-refractivity contribution in [3.05, 3.63) is 75.6 Å². The molecule has 0 saturated carbocycles. The second kappa shape index (κ2) is 8.73. The van der Waals surface area contributed by atoms with E-state index in [-0.39, 0.29) is 13.2 Å². The third kappa shape index (κ3) is 4.39. The minimum absolute atomic E-state index is 0.239. The largest absolute Gasteiger partial charge is 0.467 e. The van der Waals surface area contributed by atoms with Gasteiger partial charge in [0.05, 0.1) is 25.0 Å². The molecule has 154 valence electrons. The van der Waals surface area contributed by atoms with Crippen molar-refractivity contribution in [1.29, 1.82) is 0 Å². The Balaban J connectivity index is 1.42. The Hall–Kier alpha value is -3.10. The van der Waals surface area contributed by atoms with Crippen LogP contribution in [0.25, 0.3) is 10.2 Å². The maximum atomic E-state index is 12.4. The summed E-state index contributed by atoms with van der Waals surface area (Å²) in [7, 11) is 0. The molecule has 0 bridgehead atoms. The maximum Gasteiger partial charge on any atom is 0.348 e. The SMILES string of the molecule is Cc1nn(Cc2ccccc2Cl)c2sc(C(=O)OCC(=O)NCc3ccco3)cc12. The number of esters is 1. The first-order chi connectivity index (χ1) is 14.5. The number of rotatable bonds is 7. The predicted molar refractivity (Wildman–Crippen MR) is 114 cm³/mol. The highest BCUT2D eigenvalue weighted by molar-refractivity contribution is 7.20.